The van der Waals surface area contributed by atoms with Gasteiger partial charge < -0.3 is 5.11 Å². The van der Waals surface area contributed by atoms with Crippen LogP contribution in [0.25, 0.3) is 0 Å². The predicted molar refractivity (Wildman–Crippen MR) is 55.0 cm³/mol. The summed E-state index contributed by atoms with van der Waals surface area (Å²) in [5.74, 6) is 0. The van der Waals surface area contributed by atoms with Crippen LogP contribution in [0, 0.1) is 12.3 Å². The van der Waals surface area contributed by atoms with E-state index in [1.807, 2.05) is 18.7 Å². The van der Waals surface area contributed by atoms with E-state index < -0.39 is 0 Å². The average Bonchev–Trinajstić information content (AvgIpc) is 2.38. The molecule has 1 aliphatic carbocycles. The zero-order chi connectivity index (χ0) is 10.2. The van der Waals surface area contributed by atoms with Gasteiger partial charge in [-0.2, -0.15) is 5.10 Å². The Labute approximate surface area is 84.7 Å². The third-order valence-electron chi connectivity index (χ3n) is 3.40. The number of aryl methyl sites for hydroxylation is 2. The Morgan fingerprint density at radius 3 is 2.64 bits per heavy atom. The Balaban J connectivity index is 2.13. The molecule has 1 aliphatic rings. The monoisotopic (exact) mass is 194 g/mol. The minimum atomic E-state index is 0.167. The number of hydrogen-bond donors (Lipinski definition) is 1. The van der Waals surface area contributed by atoms with Gasteiger partial charge in [-0.15, -0.1) is 0 Å². The molecule has 0 radical (unpaired) electrons. The molecule has 1 fully saturated rings. The molecule has 0 aromatic carbocycles. The van der Waals surface area contributed by atoms with Crippen LogP contribution in [-0.2, 0) is 13.5 Å². The van der Waals surface area contributed by atoms with Gasteiger partial charge in [0.15, 0.2) is 0 Å². The Hall–Kier alpha value is -0.830. The molecular formula is C11H18N2O. The number of rotatable bonds is 3. The molecule has 1 saturated carbocycles. The van der Waals surface area contributed by atoms with Crippen LogP contribution in [0.3, 0.4) is 0 Å². The van der Waals surface area contributed by atoms with Gasteiger partial charge in [0.1, 0.15) is 0 Å². The SMILES string of the molecule is Cc1cc(CC2(CO)CCC2)n(C)n1. The van der Waals surface area contributed by atoms with Gasteiger partial charge in [0.2, 0.25) is 0 Å². The van der Waals surface area contributed by atoms with Crippen molar-refractivity contribution < 1.29 is 5.11 Å². The lowest BCUT2D eigenvalue weighted by Gasteiger charge is -2.40. The summed E-state index contributed by atoms with van der Waals surface area (Å²) in [7, 11) is 1.98. The van der Waals surface area contributed by atoms with Crippen LogP contribution in [0.5, 0.6) is 0 Å². The van der Waals surface area contributed by atoms with Crippen LogP contribution in [0.1, 0.15) is 30.7 Å². The van der Waals surface area contributed by atoms with Crippen molar-refractivity contribution in [3.63, 3.8) is 0 Å². The Bertz CT molecular complexity index is 321. The van der Waals surface area contributed by atoms with E-state index in [1.165, 1.54) is 12.1 Å². The summed E-state index contributed by atoms with van der Waals surface area (Å²) in [6.45, 7) is 2.33. The molecule has 1 aromatic rings. The van der Waals surface area contributed by atoms with Crippen molar-refractivity contribution in [1.82, 2.24) is 9.78 Å². The van der Waals surface area contributed by atoms with Crippen molar-refractivity contribution in [3.8, 4) is 0 Å². The highest BCUT2D eigenvalue weighted by Crippen LogP contribution is 2.43. The zero-order valence-corrected chi connectivity index (χ0v) is 8.95. The van der Waals surface area contributed by atoms with Crippen LogP contribution in [0.4, 0.5) is 0 Å². The summed E-state index contributed by atoms with van der Waals surface area (Å²) in [5, 5.41) is 13.7. The second-order valence-electron chi connectivity index (χ2n) is 4.59. The lowest BCUT2D eigenvalue weighted by atomic mass is 9.66. The van der Waals surface area contributed by atoms with Crippen LogP contribution in [0.15, 0.2) is 6.07 Å². The van der Waals surface area contributed by atoms with E-state index in [-0.39, 0.29) is 5.41 Å². The molecule has 2 rings (SSSR count). The molecule has 3 nitrogen and oxygen atoms in total. The van der Waals surface area contributed by atoms with E-state index in [2.05, 4.69) is 11.2 Å². The first kappa shape index (κ1) is 9.71. The third-order valence-corrected chi connectivity index (χ3v) is 3.40. The largest absolute Gasteiger partial charge is 0.396 e. The molecule has 0 atom stereocenters. The summed E-state index contributed by atoms with van der Waals surface area (Å²) < 4.78 is 1.94. The molecule has 0 amide bonds. The zero-order valence-electron chi connectivity index (χ0n) is 8.95. The standard InChI is InChI=1S/C11H18N2O/c1-9-6-10(13(2)12-9)7-11(8-14)4-3-5-11/h6,14H,3-5,7-8H2,1-2H3. The number of aliphatic hydroxyl groups excluding tert-OH is 1. The lowest BCUT2D eigenvalue weighted by Crippen LogP contribution is -2.36. The first-order valence-corrected chi connectivity index (χ1v) is 5.26. The van der Waals surface area contributed by atoms with E-state index in [9.17, 15) is 5.11 Å². The van der Waals surface area contributed by atoms with E-state index in [4.69, 9.17) is 0 Å². The number of aromatic nitrogens is 2. The summed E-state index contributed by atoms with van der Waals surface area (Å²) in [6.07, 6.45) is 4.56. The van der Waals surface area contributed by atoms with Crippen molar-refractivity contribution in [2.24, 2.45) is 12.5 Å². The van der Waals surface area contributed by atoms with E-state index >= 15 is 0 Å². The quantitative estimate of drug-likeness (QED) is 0.790. The first-order chi connectivity index (χ1) is 6.65. The molecule has 1 heterocycles. The van der Waals surface area contributed by atoms with Crippen LogP contribution >= 0.6 is 0 Å². The summed E-state index contributed by atoms with van der Waals surface area (Å²) in [6, 6.07) is 2.12. The Morgan fingerprint density at radius 2 is 2.29 bits per heavy atom. The second kappa shape index (κ2) is 3.39. The molecule has 0 unspecified atom stereocenters. The van der Waals surface area contributed by atoms with Gasteiger partial charge in [-0.3, -0.25) is 4.68 Å². The number of aliphatic hydroxyl groups is 1. The second-order valence-corrected chi connectivity index (χ2v) is 4.59. The van der Waals surface area contributed by atoms with Crippen LogP contribution < -0.4 is 0 Å². The normalized spacial score (nSPS) is 19.4. The summed E-state index contributed by atoms with van der Waals surface area (Å²) >= 11 is 0. The molecular weight excluding hydrogens is 176 g/mol. The Kier molecular flexibility index (Phi) is 2.35. The molecule has 0 aliphatic heterocycles. The maximum Gasteiger partial charge on any atom is 0.0596 e. The molecule has 14 heavy (non-hydrogen) atoms. The average molecular weight is 194 g/mol. The van der Waals surface area contributed by atoms with E-state index in [1.54, 1.807) is 0 Å². The molecule has 0 saturated heterocycles. The molecule has 3 heteroatoms. The maximum atomic E-state index is 9.37. The summed E-state index contributed by atoms with van der Waals surface area (Å²) in [4.78, 5) is 0. The van der Waals surface area contributed by atoms with Gasteiger partial charge in [0.05, 0.1) is 5.69 Å². The topological polar surface area (TPSA) is 38.0 Å². The molecule has 1 N–H and O–H groups in total. The van der Waals surface area contributed by atoms with Crippen LogP contribution in [-0.4, -0.2) is 21.5 Å². The molecule has 1 aromatic heterocycles. The minimum absolute atomic E-state index is 0.167. The van der Waals surface area contributed by atoms with Crippen molar-refractivity contribution in [1.29, 1.82) is 0 Å². The van der Waals surface area contributed by atoms with Crippen molar-refractivity contribution in [2.75, 3.05) is 6.61 Å². The van der Waals surface area contributed by atoms with Gasteiger partial charge in [0, 0.05) is 19.3 Å². The lowest BCUT2D eigenvalue weighted by molar-refractivity contribution is 0.0433. The number of nitrogens with zero attached hydrogens (tertiary/aromatic N) is 2. The van der Waals surface area contributed by atoms with Gasteiger partial charge in [0.25, 0.3) is 0 Å². The van der Waals surface area contributed by atoms with Gasteiger partial charge in [-0.1, -0.05) is 6.42 Å². The van der Waals surface area contributed by atoms with Gasteiger partial charge in [-0.25, -0.2) is 0 Å². The minimum Gasteiger partial charge on any atom is -0.396 e. The van der Waals surface area contributed by atoms with Crippen molar-refractivity contribution in [3.05, 3.63) is 17.5 Å². The highest BCUT2D eigenvalue weighted by molar-refractivity contribution is 5.12. The van der Waals surface area contributed by atoms with E-state index in [0.717, 1.165) is 25.0 Å². The highest BCUT2D eigenvalue weighted by atomic mass is 16.3. The molecule has 78 valence electrons. The third kappa shape index (κ3) is 1.57. The smallest absolute Gasteiger partial charge is 0.0596 e. The fraction of sp³-hybridized carbons (Fsp3) is 0.727. The Morgan fingerprint density at radius 1 is 1.57 bits per heavy atom. The van der Waals surface area contributed by atoms with Crippen molar-refractivity contribution in [2.45, 2.75) is 32.6 Å². The maximum absolute atomic E-state index is 9.37. The number of hydrogen-bond acceptors (Lipinski definition) is 2. The van der Waals surface area contributed by atoms with Gasteiger partial charge >= 0.3 is 0 Å². The van der Waals surface area contributed by atoms with E-state index in [0.29, 0.717) is 6.61 Å². The van der Waals surface area contributed by atoms with Crippen molar-refractivity contribution >= 4 is 0 Å². The molecule has 0 spiro atoms. The van der Waals surface area contributed by atoms with Crippen LogP contribution in [0.2, 0.25) is 0 Å². The predicted octanol–water partition coefficient (Wildman–Crippen LogP) is 1.43. The molecule has 0 bridgehead atoms. The summed E-state index contributed by atoms with van der Waals surface area (Å²) in [5.41, 5.74) is 2.48. The highest BCUT2D eigenvalue weighted by Gasteiger charge is 2.37. The first-order valence-electron chi connectivity index (χ1n) is 5.26. The fourth-order valence-electron chi connectivity index (χ4n) is 2.28. The van der Waals surface area contributed by atoms with Gasteiger partial charge in [-0.05, 0) is 37.7 Å². The fourth-order valence-corrected chi connectivity index (χ4v) is 2.28.